The summed E-state index contributed by atoms with van der Waals surface area (Å²) < 4.78 is 57.3. The first-order valence-electron chi connectivity index (χ1n) is 8.74. The maximum atomic E-state index is 11.6. The predicted molar refractivity (Wildman–Crippen MR) is 104 cm³/mol. The van der Waals surface area contributed by atoms with Crippen LogP contribution >= 0.6 is 0 Å². The Labute approximate surface area is 176 Å². The highest BCUT2D eigenvalue weighted by atomic mass is 32.2. The second kappa shape index (κ2) is 10.8. The maximum Gasteiger partial charge on any atom is 0.490 e. The number of carbonyl (C=O) groups is 2. The first-order chi connectivity index (χ1) is 14.2. The topological polar surface area (TPSA) is 151 Å². The molecular weight excluding hydrogens is 445 g/mol. The van der Waals surface area contributed by atoms with Gasteiger partial charge in [0.2, 0.25) is 10.0 Å². The maximum absolute atomic E-state index is 11.6. The Morgan fingerprint density at radius 1 is 1.19 bits per heavy atom. The second-order valence-corrected chi connectivity index (χ2v) is 8.20. The third-order valence-electron chi connectivity index (χ3n) is 4.03. The van der Waals surface area contributed by atoms with Gasteiger partial charge in [0.25, 0.3) is 0 Å². The number of nitrogens with zero attached hydrogens (tertiary/aromatic N) is 3. The fourth-order valence-corrected chi connectivity index (χ4v) is 3.21. The summed E-state index contributed by atoms with van der Waals surface area (Å²) in [5.41, 5.74) is 0.950. The van der Waals surface area contributed by atoms with Crippen LogP contribution in [0.3, 0.4) is 0 Å². The van der Waals surface area contributed by atoms with Crippen molar-refractivity contribution in [2.24, 2.45) is 0 Å². The zero-order valence-electron chi connectivity index (χ0n) is 16.4. The highest BCUT2D eigenvalue weighted by Gasteiger charge is 2.38. The molecule has 31 heavy (non-hydrogen) atoms. The number of alkyl halides is 3. The SMILES string of the molecule is CS(=O)(=O)Nc1cc(C(=O)O)ccc1N1CCN(CCC#N)CC1.O=C(O)C(F)(F)F. The molecule has 0 amide bonds. The lowest BCUT2D eigenvalue weighted by Crippen LogP contribution is -2.46. The van der Waals surface area contributed by atoms with Crippen molar-refractivity contribution in [3.63, 3.8) is 0 Å². The molecule has 0 unspecified atom stereocenters. The first-order valence-corrected chi connectivity index (χ1v) is 10.6. The molecular formula is C17H21F3N4O6S. The van der Waals surface area contributed by atoms with Gasteiger partial charge in [-0.2, -0.15) is 18.4 Å². The monoisotopic (exact) mass is 466 g/mol. The number of anilines is 2. The molecule has 1 heterocycles. The minimum absolute atomic E-state index is 0.0255. The molecule has 1 fully saturated rings. The van der Waals surface area contributed by atoms with E-state index < -0.39 is 28.1 Å². The molecule has 1 saturated heterocycles. The first kappa shape index (κ1) is 26.0. The number of aliphatic carboxylic acids is 1. The van der Waals surface area contributed by atoms with Gasteiger partial charge in [0.1, 0.15) is 0 Å². The van der Waals surface area contributed by atoms with Crippen molar-refractivity contribution in [1.82, 2.24) is 4.90 Å². The van der Waals surface area contributed by atoms with Gasteiger partial charge in [-0.15, -0.1) is 0 Å². The van der Waals surface area contributed by atoms with Crippen molar-refractivity contribution < 1.29 is 41.4 Å². The van der Waals surface area contributed by atoms with E-state index >= 15 is 0 Å². The fourth-order valence-electron chi connectivity index (χ4n) is 2.65. The van der Waals surface area contributed by atoms with Gasteiger partial charge in [0, 0.05) is 39.1 Å². The highest BCUT2D eigenvalue weighted by molar-refractivity contribution is 7.92. The van der Waals surface area contributed by atoms with Crippen LogP contribution in [0.15, 0.2) is 18.2 Å². The molecule has 0 saturated carbocycles. The summed E-state index contributed by atoms with van der Waals surface area (Å²) in [6.45, 7) is 3.60. The molecule has 1 aromatic carbocycles. The van der Waals surface area contributed by atoms with Crippen molar-refractivity contribution in [1.29, 1.82) is 5.26 Å². The van der Waals surface area contributed by atoms with E-state index in [2.05, 4.69) is 15.7 Å². The summed E-state index contributed by atoms with van der Waals surface area (Å²) in [6, 6.07) is 6.55. The summed E-state index contributed by atoms with van der Waals surface area (Å²) in [4.78, 5) is 24.2. The molecule has 1 aliphatic rings. The lowest BCUT2D eigenvalue weighted by Gasteiger charge is -2.36. The number of carboxylic acids is 2. The van der Waals surface area contributed by atoms with Crippen molar-refractivity contribution in [3.05, 3.63) is 23.8 Å². The summed E-state index contributed by atoms with van der Waals surface area (Å²) in [5, 5.41) is 24.9. The predicted octanol–water partition coefficient (Wildman–Crippen LogP) is 1.43. The molecule has 0 atom stereocenters. The Bertz CT molecular complexity index is 938. The van der Waals surface area contributed by atoms with Gasteiger partial charge in [-0.1, -0.05) is 0 Å². The molecule has 1 aromatic rings. The van der Waals surface area contributed by atoms with Crippen LogP contribution in [0.4, 0.5) is 24.5 Å². The molecule has 0 spiro atoms. The molecule has 1 aliphatic heterocycles. The third-order valence-corrected chi connectivity index (χ3v) is 4.62. The van der Waals surface area contributed by atoms with Gasteiger partial charge < -0.3 is 15.1 Å². The Kier molecular flexibility index (Phi) is 9.07. The van der Waals surface area contributed by atoms with Crippen LogP contribution in [0.1, 0.15) is 16.8 Å². The van der Waals surface area contributed by atoms with Gasteiger partial charge in [-0.3, -0.25) is 9.62 Å². The number of nitriles is 1. The molecule has 10 nitrogen and oxygen atoms in total. The molecule has 0 radical (unpaired) electrons. The van der Waals surface area contributed by atoms with Crippen LogP contribution in [-0.2, 0) is 14.8 Å². The number of rotatable bonds is 6. The van der Waals surface area contributed by atoms with Gasteiger partial charge in [-0.25, -0.2) is 18.0 Å². The molecule has 172 valence electrons. The summed E-state index contributed by atoms with van der Waals surface area (Å²) in [7, 11) is -3.52. The second-order valence-electron chi connectivity index (χ2n) is 6.45. The van der Waals surface area contributed by atoms with Gasteiger partial charge in [0.05, 0.1) is 29.3 Å². The number of halogens is 3. The van der Waals surface area contributed by atoms with Crippen LogP contribution in [0, 0.1) is 11.3 Å². The molecule has 0 bridgehead atoms. The molecule has 0 aromatic heterocycles. The number of aromatic carboxylic acids is 1. The normalized spacial score (nSPS) is 14.7. The van der Waals surface area contributed by atoms with E-state index in [0.29, 0.717) is 25.2 Å². The number of sulfonamides is 1. The van der Waals surface area contributed by atoms with Gasteiger partial charge in [-0.05, 0) is 18.2 Å². The Hall–Kier alpha value is -3.05. The van der Waals surface area contributed by atoms with Gasteiger partial charge >= 0.3 is 18.1 Å². The molecule has 14 heteroatoms. The zero-order chi connectivity index (χ0) is 23.8. The molecule has 0 aliphatic carbocycles. The van der Waals surface area contributed by atoms with Crippen LogP contribution < -0.4 is 9.62 Å². The number of carboxylic acid groups (broad SMARTS) is 2. The lowest BCUT2D eigenvalue weighted by molar-refractivity contribution is -0.192. The zero-order valence-corrected chi connectivity index (χ0v) is 17.2. The Balaban J connectivity index is 0.000000592. The third kappa shape index (κ3) is 9.09. The van der Waals surface area contributed by atoms with Crippen molar-refractivity contribution in [2.45, 2.75) is 12.6 Å². The summed E-state index contributed by atoms with van der Waals surface area (Å²) >= 11 is 0. The van der Waals surface area contributed by atoms with Gasteiger partial charge in [0.15, 0.2) is 0 Å². The van der Waals surface area contributed by atoms with Crippen molar-refractivity contribution in [2.75, 3.05) is 48.6 Å². The molecule has 2 rings (SSSR count). The number of nitrogens with one attached hydrogen (secondary N) is 1. The average molecular weight is 466 g/mol. The van der Waals surface area contributed by atoms with Crippen LogP contribution in [0.25, 0.3) is 0 Å². The summed E-state index contributed by atoms with van der Waals surface area (Å²) in [6.07, 6.45) is -3.57. The quantitative estimate of drug-likeness (QED) is 0.565. The number of piperazine rings is 1. The Morgan fingerprint density at radius 2 is 1.74 bits per heavy atom. The number of hydrogen-bond donors (Lipinski definition) is 3. The Morgan fingerprint density at radius 3 is 2.16 bits per heavy atom. The standard InChI is InChI=1S/C15H20N4O4S.C2HF3O2/c1-24(22,23)17-13-11-12(15(20)21)3-4-14(13)19-9-7-18(8-10-19)6-2-5-16;3-2(4,5)1(6)7/h3-4,11,17H,2,6-10H2,1H3,(H,20,21);(H,6,7). The fraction of sp³-hybridized carbons (Fsp3) is 0.471. The van der Waals surface area contributed by atoms with E-state index in [1.807, 2.05) is 4.90 Å². The average Bonchev–Trinajstić information content (AvgIpc) is 2.65. The number of hydrogen-bond acceptors (Lipinski definition) is 7. The van der Waals surface area contributed by atoms with E-state index in [0.717, 1.165) is 25.9 Å². The van der Waals surface area contributed by atoms with E-state index in [1.165, 1.54) is 12.1 Å². The van der Waals surface area contributed by atoms with E-state index in [1.54, 1.807) is 6.07 Å². The van der Waals surface area contributed by atoms with Crippen LogP contribution in [0.5, 0.6) is 0 Å². The highest BCUT2D eigenvalue weighted by Crippen LogP contribution is 2.29. The van der Waals surface area contributed by atoms with E-state index in [9.17, 15) is 26.4 Å². The van der Waals surface area contributed by atoms with Crippen molar-refractivity contribution in [3.8, 4) is 6.07 Å². The van der Waals surface area contributed by atoms with E-state index in [4.69, 9.17) is 20.3 Å². The minimum atomic E-state index is -5.08. The number of benzene rings is 1. The summed E-state index contributed by atoms with van der Waals surface area (Å²) in [5.74, 6) is -3.87. The largest absolute Gasteiger partial charge is 0.490 e. The van der Waals surface area contributed by atoms with E-state index in [-0.39, 0.29) is 11.3 Å². The van der Waals surface area contributed by atoms with Crippen LogP contribution in [0.2, 0.25) is 0 Å². The minimum Gasteiger partial charge on any atom is -0.478 e. The smallest absolute Gasteiger partial charge is 0.478 e. The molecule has 3 N–H and O–H groups in total. The van der Waals surface area contributed by atoms with Crippen molar-refractivity contribution >= 4 is 33.3 Å². The lowest BCUT2D eigenvalue weighted by atomic mass is 10.1. The van der Waals surface area contributed by atoms with Crippen LogP contribution in [-0.4, -0.2) is 80.6 Å².